The van der Waals surface area contributed by atoms with Gasteiger partial charge in [0, 0.05) is 18.0 Å². The number of halogens is 1. The molecule has 1 saturated heterocycles. The Hall–Kier alpha value is -3.06. The third-order valence-electron chi connectivity index (χ3n) is 4.79. The van der Waals surface area contributed by atoms with Crippen LogP contribution in [0.5, 0.6) is 5.75 Å². The Morgan fingerprint density at radius 3 is 2.55 bits per heavy atom. The van der Waals surface area contributed by atoms with Crippen molar-refractivity contribution in [3.63, 3.8) is 0 Å². The maximum absolute atomic E-state index is 12.9. The minimum absolute atomic E-state index is 0.254. The molecule has 3 rings (SSSR count). The summed E-state index contributed by atoms with van der Waals surface area (Å²) in [6, 6.07) is 13.7. The Kier molecular flexibility index (Phi) is 6.08. The van der Waals surface area contributed by atoms with Gasteiger partial charge in [-0.25, -0.2) is 4.79 Å². The minimum Gasteiger partial charge on any atom is -0.496 e. The number of benzene rings is 2. The predicted molar refractivity (Wildman–Crippen MR) is 109 cm³/mol. The Morgan fingerprint density at radius 1 is 1.17 bits per heavy atom. The van der Waals surface area contributed by atoms with E-state index >= 15 is 0 Å². The number of urea groups is 1. The smallest absolute Gasteiger partial charge is 0.325 e. The highest BCUT2D eigenvalue weighted by atomic mass is 35.5. The zero-order valence-electron chi connectivity index (χ0n) is 16.2. The van der Waals surface area contributed by atoms with Crippen LogP contribution in [-0.4, -0.2) is 41.9 Å². The SMILES string of the molecule is COc1ccccc1C[C@]1(C)NC(=O)N(CC(=O)NCc2ccc(Cl)cc2)C1=O. The second-order valence-electron chi connectivity index (χ2n) is 7.05. The lowest BCUT2D eigenvalue weighted by Crippen LogP contribution is -2.46. The van der Waals surface area contributed by atoms with Crippen molar-refractivity contribution in [3.8, 4) is 5.75 Å². The van der Waals surface area contributed by atoms with Crippen molar-refractivity contribution >= 4 is 29.4 Å². The standard InChI is InChI=1S/C21H22ClN3O4/c1-21(11-15-5-3-4-6-17(15)29-2)19(27)25(20(28)24-21)13-18(26)23-12-14-7-9-16(22)10-8-14/h3-10H,11-13H2,1-2H3,(H,23,26)(H,24,28)/t21-/m0/s1. The Labute approximate surface area is 174 Å². The lowest BCUT2D eigenvalue weighted by atomic mass is 9.92. The summed E-state index contributed by atoms with van der Waals surface area (Å²) >= 11 is 5.84. The van der Waals surface area contributed by atoms with E-state index in [1.165, 1.54) is 0 Å². The molecule has 0 saturated carbocycles. The number of methoxy groups -OCH3 is 1. The van der Waals surface area contributed by atoms with Crippen molar-refractivity contribution in [2.24, 2.45) is 0 Å². The fraction of sp³-hybridized carbons (Fsp3) is 0.286. The molecule has 2 aromatic carbocycles. The highest BCUT2D eigenvalue weighted by molar-refractivity contribution is 6.30. The molecule has 8 heteroatoms. The maximum atomic E-state index is 12.9. The van der Waals surface area contributed by atoms with Crippen LogP contribution in [0.3, 0.4) is 0 Å². The third kappa shape index (κ3) is 4.68. The number of amides is 4. The molecule has 1 heterocycles. The molecule has 2 N–H and O–H groups in total. The van der Waals surface area contributed by atoms with Gasteiger partial charge in [-0.2, -0.15) is 0 Å². The van der Waals surface area contributed by atoms with Crippen LogP contribution in [0, 0.1) is 0 Å². The molecule has 7 nitrogen and oxygen atoms in total. The Morgan fingerprint density at radius 2 is 1.86 bits per heavy atom. The van der Waals surface area contributed by atoms with Crippen LogP contribution in [0.1, 0.15) is 18.1 Å². The second-order valence-corrected chi connectivity index (χ2v) is 7.48. The molecule has 1 atom stereocenters. The summed E-state index contributed by atoms with van der Waals surface area (Å²) in [5.41, 5.74) is 0.503. The van der Waals surface area contributed by atoms with Gasteiger partial charge >= 0.3 is 6.03 Å². The zero-order chi connectivity index (χ0) is 21.0. The first-order valence-corrected chi connectivity index (χ1v) is 9.47. The summed E-state index contributed by atoms with van der Waals surface area (Å²) in [5.74, 6) is -0.241. The summed E-state index contributed by atoms with van der Waals surface area (Å²) in [5, 5.41) is 6.01. The molecule has 29 heavy (non-hydrogen) atoms. The molecule has 1 aliphatic heterocycles. The number of carbonyl (C=O) groups is 3. The molecule has 152 valence electrons. The Bertz CT molecular complexity index is 932. The van der Waals surface area contributed by atoms with Crippen LogP contribution >= 0.6 is 11.6 Å². The number of hydrogen-bond acceptors (Lipinski definition) is 4. The summed E-state index contributed by atoms with van der Waals surface area (Å²) in [6.45, 7) is 1.57. The van der Waals surface area contributed by atoms with Gasteiger partial charge in [-0.05, 0) is 36.2 Å². The molecule has 0 unspecified atom stereocenters. The fourth-order valence-corrected chi connectivity index (χ4v) is 3.37. The Balaban J connectivity index is 1.63. The van der Waals surface area contributed by atoms with Crippen LogP contribution in [-0.2, 0) is 22.6 Å². The molecular weight excluding hydrogens is 394 g/mol. The van der Waals surface area contributed by atoms with Crippen LogP contribution < -0.4 is 15.4 Å². The summed E-state index contributed by atoms with van der Waals surface area (Å²) < 4.78 is 5.33. The number of ether oxygens (including phenoxy) is 1. The van der Waals surface area contributed by atoms with E-state index in [9.17, 15) is 14.4 Å². The quantitative estimate of drug-likeness (QED) is 0.680. The number of hydrogen-bond donors (Lipinski definition) is 2. The van der Waals surface area contributed by atoms with E-state index in [1.807, 2.05) is 18.2 Å². The molecule has 0 aliphatic carbocycles. The van der Waals surface area contributed by atoms with Crippen LogP contribution in [0.2, 0.25) is 5.02 Å². The number of carbonyl (C=O) groups excluding carboxylic acids is 3. The number of imide groups is 1. The first kappa shape index (κ1) is 20.7. The topological polar surface area (TPSA) is 87.7 Å². The maximum Gasteiger partial charge on any atom is 0.325 e. The third-order valence-corrected chi connectivity index (χ3v) is 5.04. The first-order chi connectivity index (χ1) is 13.8. The lowest BCUT2D eigenvalue weighted by molar-refractivity contribution is -0.134. The highest BCUT2D eigenvalue weighted by Gasteiger charge is 2.48. The van der Waals surface area contributed by atoms with Crippen LogP contribution in [0.25, 0.3) is 0 Å². The van der Waals surface area contributed by atoms with E-state index in [4.69, 9.17) is 16.3 Å². The van der Waals surface area contributed by atoms with Crippen molar-refractivity contribution in [2.45, 2.75) is 25.4 Å². The average Bonchev–Trinajstić information content (AvgIpc) is 2.91. The van der Waals surface area contributed by atoms with E-state index in [2.05, 4.69) is 10.6 Å². The van der Waals surface area contributed by atoms with E-state index < -0.39 is 23.4 Å². The van der Waals surface area contributed by atoms with Gasteiger partial charge in [-0.3, -0.25) is 14.5 Å². The summed E-state index contributed by atoms with van der Waals surface area (Å²) in [7, 11) is 1.55. The first-order valence-electron chi connectivity index (χ1n) is 9.09. The largest absolute Gasteiger partial charge is 0.496 e. The molecule has 1 aliphatic rings. The minimum atomic E-state index is -1.15. The lowest BCUT2D eigenvalue weighted by Gasteiger charge is -2.22. The fourth-order valence-electron chi connectivity index (χ4n) is 3.24. The van der Waals surface area contributed by atoms with Crippen molar-refractivity contribution in [3.05, 3.63) is 64.7 Å². The van der Waals surface area contributed by atoms with Gasteiger partial charge < -0.3 is 15.4 Å². The summed E-state index contributed by atoms with van der Waals surface area (Å²) in [4.78, 5) is 38.5. The van der Waals surface area contributed by atoms with Crippen molar-refractivity contribution in [1.29, 1.82) is 0 Å². The van der Waals surface area contributed by atoms with Gasteiger partial charge in [0.2, 0.25) is 5.91 Å². The molecule has 4 amide bonds. The molecule has 0 bridgehead atoms. The number of para-hydroxylation sites is 1. The number of nitrogens with zero attached hydrogens (tertiary/aromatic N) is 1. The molecular formula is C21H22ClN3O4. The van der Waals surface area contributed by atoms with Gasteiger partial charge in [-0.1, -0.05) is 41.9 Å². The number of nitrogens with one attached hydrogen (secondary N) is 2. The van der Waals surface area contributed by atoms with Crippen molar-refractivity contribution in [2.75, 3.05) is 13.7 Å². The predicted octanol–water partition coefficient (Wildman–Crippen LogP) is 2.52. The molecule has 1 fully saturated rings. The monoisotopic (exact) mass is 415 g/mol. The van der Waals surface area contributed by atoms with E-state index in [1.54, 1.807) is 44.4 Å². The second kappa shape index (κ2) is 8.53. The van der Waals surface area contributed by atoms with Gasteiger partial charge in [-0.15, -0.1) is 0 Å². The van der Waals surface area contributed by atoms with Crippen LogP contribution in [0.15, 0.2) is 48.5 Å². The van der Waals surface area contributed by atoms with E-state index in [-0.39, 0.29) is 19.5 Å². The van der Waals surface area contributed by atoms with Crippen LogP contribution in [0.4, 0.5) is 4.79 Å². The van der Waals surface area contributed by atoms with E-state index in [0.29, 0.717) is 10.8 Å². The van der Waals surface area contributed by atoms with Gasteiger partial charge in [0.15, 0.2) is 0 Å². The van der Waals surface area contributed by atoms with Gasteiger partial charge in [0.05, 0.1) is 7.11 Å². The highest BCUT2D eigenvalue weighted by Crippen LogP contribution is 2.27. The van der Waals surface area contributed by atoms with E-state index in [0.717, 1.165) is 16.0 Å². The molecule has 0 radical (unpaired) electrons. The molecule has 2 aromatic rings. The normalized spacial score (nSPS) is 18.5. The molecule has 0 spiro atoms. The van der Waals surface area contributed by atoms with Crippen molar-refractivity contribution < 1.29 is 19.1 Å². The number of rotatable bonds is 7. The van der Waals surface area contributed by atoms with Crippen molar-refractivity contribution in [1.82, 2.24) is 15.5 Å². The van der Waals surface area contributed by atoms with Gasteiger partial charge in [0.25, 0.3) is 5.91 Å². The zero-order valence-corrected chi connectivity index (χ0v) is 17.0. The van der Waals surface area contributed by atoms with Gasteiger partial charge in [0.1, 0.15) is 17.8 Å². The summed E-state index contributed by atoms with van der Waals surface area (Å²) in [6.07, 6.45) is 0.254. The average molecular weight is 416 g/mol. The molecule has 0 aromatic heterocycles.